The number of fused-ring (bicyclic) bond motifs is 1. The zero-order valence-electron chi connectivity index (χ0n) is 18.6. The maximum atomic E-state index is 15.2. The molecule has 0 bridgehead atoms. The molecular weight excluding hydrogens is 416 g/mol. The smallest absolute Gasteiger partial charge is 0.141 e. The molecule has 0 aromatic heterocycles. The first kappa shape index (κ1) is 22.6. The molecule has 0 aliphatic carbocycles. The molecule has 0 fully saturated rings. The number of methoxy groups -OCH3 is 1. The third-order valence-electron chi connectivity index (χ3n) is 5.97. The van der Waals surface area contributed by atoms with Crippen LogP contribution in [0.1, 0.15) is 28.7 Å². The first-order chi connectivity index (χ1) is 16.1. The molecule has 4 aromatic carbocycles. The summed E-state index contributed by atoms with van der Waals surface area (Å²) in [7, 11) is 1.71. The summed E-state index contributed by atoms with van der Waals surface area (Å²) in [6.45, 7) is 0.754. The van der Waals surface area contributed by atoms with Gasteiger partial charge in [0.1, 0.15) is 17.7 Å². The quantitative estimate of drug-likeness (QED) is 0.275. The molecule has 0 N–H and O–H groups in total. The average Bonchev–Trinajstić information content (AvgIpc) is 2.84. The number of aryl methyl sites for hydroxylation is 3. The number of rotatable bonds is 8. The summed E-state index contributed by atoms with van der Waals surface area (Å²) in [4.78, 5) is 0. The minimum atomic E-state index is -0.537. The number of nitrogens with zero attached hydrogens (tertiary/aromatic N) is 1. The minimum Gasteiger partial charge on any atom is -0.385 e. The summed E-state index contributed by atoms with van der Waals surface area (Å²) in [6.07, 6.45) is 2.93. The molecule has 4 heteroatoms. The van der Waals surface area contributed by atoms with Crippen molar-refractivity contribution in [2.75, 3.05) is 13.7 Å². The summed E-state index contributed by atoms with van der Waals surface area (Å²) in [5.74, 6) is -0.772. The number of hydrogen-bond donors (Lipinski definition) is 0. The Balaban J connectivity index is 1.50. The fraction of sp³-hybridized carbons (Fsp3) is 0.207. The molecule has 2 nitrogen and oxygen atoms in total. The number of ether oxygens (including phenoxy) is 1. The van der Waals surface area contributed by atoms with Gasteiger partial charge in [0.25, 0.3) is 0 Å². The average molecular weight is 442 g/mol. The normalized spacial score (nSPS) is 11.0. The first-order valence-corrected chi connectivity index (χ1v) is 11.1. The molecule has 4 aromatic rings. The molecule has 33 heavy (non-hydrogen) atoms. The molecule has 0 atom stereocenters. The second kappa shape index (κ2) is 10.4. The Bertz CT molecular complexity index is 1310. The third kappa shape index (κ3) is 5.27. The summed E-state index contributed by atoms with van der Waals surface area (Å²) in [5.41, 5.74) is 4.78. The first-order valence-electron chi connectivity index (χ1n) is 11.1. The highest BCUT2D eigenvalue weighted by Crippen LogP contribution is 2.28. The van der Waals surface area contributed by atoms with Crippen LogP contribution in [-0.4, -0.2) is 13.7 Å². The zero-order valence-corrected chi connectivity index (χ0v) is 18.6. The van der Waals surface area contributed by atoms with Crippen LogP contribution in [0.15, 0.2) is 72.8 Å². The van der Waals surface area contributed by atoms with E-state index >= 15 is 4.39 Å². The van der Waals surface area contributed by atoms with E-state index in [0.717, 1.165) is 41.5 Å². The zero-order chi connectivity index (χ0) is 23.2. The Hall–Kier alpha value is -3.55. The van der Waals surface area contributed by atoms with Crippen LogP contribution in [-0.2, 0) is 24.0 Å². The van der Waals surface area contributed by atoms with E-state index in [1.165, 1.54) is 17.7 Å². The van der Waals surface area contributed by atoms with Crippen molar-refractivity contribution in [3.05, 3.63) is 107 Å². The topological polar surface area (TPSA) is 33.0 Å². The Morgan fingerprint density at radius 3 is 2.27 bits per heavy atom. The SMILES string of the molecule is COCCCc1ccc(-c2ccc3c(F)c(CCc4ccc(C#N)c(F)c4)ccc3c2)cc1. The fourth-order valence-corrected chi connectivity index (χ4v) is 4.08. The van der Waals surface area contributed by atoms with Crippen molar-refractivity contribution in [3.8, 4) is 17.2 Å². The van der Waals surface area contributed by atoms with Crippen molar-refractivity contribution in [2.45, 2.75) is 25.7 Å². The van der Waals surface area contributed by atoms with Gasteiger partial charge in [0.05, 0.1) is 5.56 Å². The lowest BCUT2D eigenvalue weighted by Gasteiger charge is -2.10. The summed E-state index contributed by atoms with van der Waals surface area (Å²) >= 11 is 0. The van der Waals surface area contributed by atoms with E-state index < -0.39 is 5.82 Å². The molecule has 0 aliphatic heterocycles. The second-order valence-electron chi connectivity index (χ2n) is 8.19. The Kier molecular flexibility index (Phi) is 7.12. The highest BCUT2D eigenvalue weighted by Gasteiger charge is 2.10. The molecule has 0 saturated heterocycles. The highest BCUT2D eigenvalue weighted by molar-refractivity contribution is 5.88. The Labute approximate surface area is 193 Å². The van der Waals surface area contributed by atoms with Crippen molar-refractivity contribution < 1.29 is 13.5 Å². The van der Waals surface area contributed by atoms with E-state index in [0.29, 0.717) is 23.8 Å². The number of halogens is 2. The van der Waals surface area contributed by atoms with Crippen LogP contribution in [0.3, 0.4) is 0 Å². The van der Waals surface area contributed by atoms with E-state index in [-0.39, 0.29) is 11.4 Å². The van der Waals surface area contributed by atoms with Crippen LogP contribution in [0.5, 0.6) is 0 Å². The van der Waals surface area contributed by atoms with Crippen LogP contribution < -0.4 is 0 Å². The monoisotopic (exact) mass is 441 g/mol. The van der Waals surface area contributed by atoms with Crippen molar-refractivity contribution in [3.63, 3.8) is 0 Å². The van der Waals surface area contributed by atoms with Crippen molar-refractivity contribution in [1.29, 1.82) is 5.26 Å². The summed E-state index contributed by atoms with van der Waals surface area (Å²) < 4.78 is 34.1. The van der Waals surface area contributed by atoms with Gasteiger partial charge in [-0.2, -0.15) is 5.26 Å². The van der Waals surface area contributed by atoms with Gasteiger partial charge in [-0.3, -0.25) is 0 Å². The van der Waals surface area contributed by atoms with Crippen molar-refractivity contribution in [1.82, 2.24) is 0 Å². The van der Waals surface area contributed by atoms with E-state index in [1.54, 1.807) is 19.2 Å². The van der Waals surface area contributed by atoms with Gasteiger partial charge in [-0.05, 0) is 77.1 Å². The molecule has 0 saturated carbocycles. The Morgan fingerprint density at radius 1 is 0.788 bits per heavy atom. The highest BCUT2D eigenvalue weighted by atomic mass is 19.1. The molecule has 0 radical (unpaired) electrons. The standard InChI is InChI=1S/C29H25F2NO/c1-33-16-2-3-20-4-8-22(9-5-20)24-14-15-27-25(18-24)13-12-23(29(27)31)10-6-21-7-11-26(19-32)28(30)17-21/h4-5,7-9,11-15,17-18H,2-3,6,10,16H2,1H3. The molecule has 166 valence electrons. The van der Waals surface area contributed by atoms with Crippen LogP contribution in [0.2, 0.25) is 0 Å². The minimum absolute atomic E-state index is 0.0205. The molecule has 0 amide bonds. The predicted molar refractivity (Wildman–Crippen MR) is 128 cm³/mol. The van der Waals surface area contributed by atoms with Gasteiger partial charge in [-0.15, -0.1) is 0 Å². The van der Waals surface area contributed by atoms with E-state index in [9.17, 15) is 4.39 Å². The van der Waals surface area contributed by atoms with Gasteiger partial charge in [0.15, 0.2) is 0 Å². The van der Waals surface area contributed by atoms with Gasteiger partial charge >= 0.3 is 0 Å². The number of benzene rings is 4. The largest absolute Gasteiger partial charge is 0.385 e. The van der Waals surface area contributed by atoms with Gasteiger partial charge in [0.2, 0.25) is 0 Å². The molecule has 0 spiro atoms. The van der Waals surface area contributed by atoms with Crippen LogP contribution in [0, 0.1) is 23.0 Å². The summed E-state index contributed by atoms with van der Waals surface area (Å²) in [5, 5.41) is 10.3. The van der Waals surface area contributed by atoms with Crippen LogP contribution in [0.4, 0.5) is 8.78 Å². The number of nitriles is 1. The lowest BCUT2D eigenvalue weighted by molar-refractivity contribution is 0.195. The van der Waals surface area contributed by atoms with Crippen molar-refractivity contribution >= 4 is 10.8 Å². The van der Waals surface area contributed by atoms with E-state index in [1.807, 2.05) is 30.3 Å². The molecule has 0 unspecified atom stereocenters. The molecular formula is C29H25F2NO. The number of hydrogen-bond acceptors (Lipinski definition) is 2. The van der Waals surface area contributed by atoms with Gasteiger partial charge in [-0.1, -0.05) is 54.6 Å². The third-order valence-corrected chi connectivity index (χ3v) is 5.97. The molecule has 0 heterocycles. The van der Waals surface area contributed by atoms with Gasteiger partial charge in [-0.25, -0.2) is 8.78 Å². The van der Waals surface area contributed by atoms with Gasteiger partial charge in [0, 0.05) is 19.1 Å². The van der Waals surface area contributed by atoms with Gasteiger partial charge < -0.3 is 4.74 Å². The maximum absolute atomic E-state index is 15.2. The van der Waals surface area contributed by atoms with Crippen molar-refractivity contribution in [2.24, 2.45) is 0 Å². The maximum Gasteiger partial charge on any atom is 0.141 e. The predicted octanol–water partition coefficient (Wildman–Crippen LogP) is 7.02. The van der Waals surface area contributed by atoms with Crippen LogP contribution >= 0.6 is 0 Å². The lowest BCUT2D eigenvalue weighted by atomic mass is 9.96. The van der Waals surface area contributed by atoms with Crippen LogP contribution in [0.25, 0.3) is 21.9 Å². The second-order valence-corrected chi connectivity index (χ2v) is 8.19. The van der Waals surface area contributed by atoms with E-state index in [2.05, 4.69) is 24.3 Å². The lowest BCUT2D eigenvalue weighted by Crippen LogP contribution is -1.97. The van der Waals surface area contributed by atoms with E-state index in [4.69, 9.17) is 10.00 Å². The Morgan fingerprint density at radius 2 is 1.55 bits per heavy atom. The fourth-order valence-electron chi connectivity index (χ4n) is 4.08. The molecule has 0 aliphatic rings. The molecule has 4 rings (SSSR count). The summed E-state index contributed by atoms with van der Waals surface area (Å²) in [6, 6.07) is 24.4.